The second kappa shape index (κ2) is 8.80. The second-order valence-corrected chi connectivity index (χ2v) is 8.28. The number of esters is 1. The third-order valence-corrected chi connectivity index (χ3v) is 6.08. The van der Waals surface area contributed by atoms with Gasteiger partial charge in [0.25, 0.3) is 5.91 Å². The lowest BCUT2D eigenvalue weighted by Gasteiger charge is -2.27. The minimum absolute atomic E-state index is 0.0394. The van der Waals surface area contributed by atoms with E-state index >= 15 is 0 Å². The standard InChI is InChI=1S/C25H21NO5S/c1-3-31-25(30)16-9-11-18(12-10-16)26-21(17-7-4-6-15(2)14-17)20(23(28)24(26)29)22(27)19-8-5-13-32-19/h4-14,21,28H,3H2,1-2H3. The molecule has 1 aliphatic rings. The number of nitrogens with zero attached hydrogens (tertiary/aromatic N) is 1. The minimum Gasteiger partial charge on any atom is -0.503 e. The van der Waals surface area contributed by atoms with E-state index in [4.69, 9.17) is 4.74 Å². The van der Waals surface area contributed by atoms with Crippen LogP contribution >= 0.6 is 11.3 Å². The van der Waals surface area contributed by atoms with E-state index in [1.165, 1.54) is 16.2 Å². The average molecular weight is 448 g/mol. The van der Waals surface area contributed by atoms with Crippen molar-refractivity contribution in [1.82, 2.24) is 0 Å². The van der Waals surface area contributed by atoms with Crippen LogP contribution in [0.3, 0.4) is 0 Å². The lowest BCUT2D eigenvalue weighted by molar-refractivity contribution is -0.117. The molecule has 0 saturated carbocycles. The summed E-state index contributed by atoms with van der Waals surface area (Å²) in [6.07, 6.45) is 0. The number of Topliss-reactive ketones (excluding diaryl/α,β-unsaturated/α-hetero) is 1. The lowest BCUT2D eigenvalue weighted by Crippen LogP contribution is -2.31. The molecule has 0 fully saturated rings. The van der Waals surface area contributed by atoms with Gasteiger partial charge in [0.1, 0.15) is 0 Å². The molecule has 6 nitrogen and oxygen atoms in total. The smallest absolute Gasteiger partial charge is 0.338 e. The number of aryl methyl sites for hydroxylation is 1. The van der Waals surface area contributed by atoms with Gasteiger partial charge in [-0.15, -0.1) is 11.3 Å². The van der Waals surface area contributed by atoms with E-state index in [1.54, 1.807) is 48.7 Å². The number of ether oxygens (including phenoxy) is 1. The number of hydrogen-bond donors (Lipinski definition) is 1. The molecule has 0 bridgehead atoms. The summed E-state index contributed by atoms with van der Waals surface area (Å²) < 4.78 is 5.01. The molecule has 32 heavy (non-hydrogen) atoms. The molecule has 0 radical (unpaired) electrons. The van der Waals surface area contributed by atoms with Crippen molar-refractivity contribution in [3.05, 3.63) is 98.9 Å². The van der Waals surface area contributed by atoms with Crippen LogP contribution in [-0.4, -0.2) is 29.4 Å². The molecular formula is C25H21NO5S. The summed E-state index contributed by atoms with van der Waals surface area (Å²) in [6, 6.07) is 16.4. The monoisotopic (exact) mass is 447 g/mol. The summed E-state index contributed by atoms with van der Waals surface area (Å²) in [4.78, 5) is 40.3. The Hall–Kier alpha value is -3.71. The Morgan fingerprint density at radius 2 is 1.84 bits per heavy atom. The quantitative estimate of drug-likeness (QED) is 0.424. The number of rotatable bonds is 6. The number of aliphatic hydroxyl groups is 1. The van der Waals surface area contributed by atoms with E-state index < -0.39 is 23.7 Å². The molecule has 3 aromatic rings. The van der Waals surface area contributed by atoms with Crippen molar-refractivity contribution in [2.75, 3.05) is 11.5 Å². The average Bonchev–Trinajstić information content (AvgIpc) is 3.41. The molecule has 1 aromatic heterocycles. The number of hydrogen-bond acceptors (Lipinski definition) is 6. The van der Waals surface area contributed by atoms with Crippen LogP contribution in [0.5, 0.6) is 0 Å². The molecule has 1 amide bonds. The van der Waals surface area contributed by atoms with Crippen LogP contribution in [0, 0.1) is 6.92 Å². The van der Waals surface area contributed by atoms with Gasteiger partial charge in [-0.3, -0.25) is 14.5 Å². The van der Waals surface area contributed by atoms with Crippen LogP contribution in [0.4, 0.5) is 5.69 Å². The number of ketones is 1. The van der Waals surface area contributed by atoms with Crippen molar-refractivity contribution < 1.29 is 24.2 Å². The molecule has 0 aliphatic carbocycles. The summed E-state index contributed by atoms with van der Waals surface area (Å²) in [5, 5.41) is 12.5. The minimum atomic E-state index is -0.801. The van der Waals surface area contributed by atoms with Crippen molar-refractivity contribution in [2.24, 2.45) is 0 Å². The van der Waals surface area contributed by atoms with Crippen LogP contribution in [0.2, 0.25) is 0 Å². The number of aliphatic hydroxyl groups excluding tert-OH is 1. The van der Waals surface area contributed by atoms with Gasteiger partial charge in [-0.2, -0.15) is 0 Å². The van der Waals surface area contributed by atoms with Gasteiger partial charge in [-0.05, 0) is 55.1 Å². The first-order valence-electron chi connectivity index (χ1n) is 10.1. The molecule has 162 valence electrons. The summed E-state index contributed by atoms with van der Waals surface area (Å²) in [5.74, 6) is -2.08. The van der Waals surface area contributed by atoms with Crippen LogP contribution in [0.1, 0.15) is 44.1 Å². The largest absolute Gasteiger partial charge is 0.503 e. The Morgan fingerprint density at radius 3 is 2.47 bits per heavy atom. The topological polar surface area (TPSA) is 83.9 Å². The molecule has 2 aromatic carbocycles. The molecule has 7 heteroatoms. The highest BCUT2D eigenvalue weighted by molar-refractivity contribution is 7.12. The number of anilines is 1. The van der Waals surface area contributed by atoms with Gasteiger partial charge in [-0.25, -0.2) is 4.79 Å². The highest BCUT2D eigenvalue weighted by atomic mass is 32.1. The Balaban J connectivity index is 1.80. The number of carbonyl (C=O) groups excluding carboxylic acids is 3. The van der Waals surface area contributed by atoms with Crippen LogP contribution < -0.4 is 4.90 Å². The van der Waals surface area contributed by atoms with Crippen LogP contribution in [-0.2, 0) is 9.53 Å². The van der Waals surface area contributed by atoms with Crippen molar-refractivity contribution >= 4 is 34.7 Å². The number of thiophene rings is 1. The molecule has 0 saturated heterocycles. The maximum absolute atomic E-state index is 13.3. The molecule has 1 aliphatic heterocycles. The lowest BCUT2D eigenvalue weighted by atomic mass is 9.94. The zero-order valence-electron chi connectivity index (χ0n) is 17.6. The molecule has 1 N–H and O–H groups in total. The Labute approximate surface area is 189 Å². The van der Waals surface area contributed by atoms with Crippen LogP contribution in [0.25, 0.3) is 0 Å². The summed E-state index contributed by atoms with van der Waals surface area (Å²) in [5.41, 5.74) is 2.51. The second-order valence-electron chi connectivity index (χ2n) is 7.33. The van der Waals surface area contributed by atoms with Crippen molar-refractivity contribution in [2.45, 2.75) is 19.9 Å². The van der Waals surface area contributed by atoms with Gasteiger partial charge >= 0.3 is 5.97 Å². The van der Waals surface area contributed by atoms with E-state index in [1.807, 2.05) is 31.2 Å². The van der Waals surface area contributed by atoms with Crippen LogP contribution in [0.15, 0.2) is 77.4 Å². The van der Waals surface area contributed by atoms with Gasteiger partial charge in [0.2, 0.25) is 5.78 Å². The van der Waals surface area contributed by atoms with Crippen molar-refractivity contribution in [3.8, 4) is 0 Å². The Kier molecular flexibility index (Phi) is 5.92. The molecule has 1 unspecified atom stereocenters. The first-order valence-corrected chi connectivity index (χ1v) is 11.0. The summed E-state index contributed by atoms with van der Waals surface area (Å²) in [6.45, 7) is 3.90. The third kappa shape index (κ3) is 3.83. The van der Waals surface area contributed by atoms with Gasteiger partial charge in [0.05, 0.1) is 28.7 Å². The predicted molar refractivity (Wildman–Crippen MR) is 122 cm³/mol. The van der Waals surface area contributed by atoms with Gasteiger partial charge in [0, 0.05) is 5.69 Å². The number of benzene rings is 2. The molecule has 1 atom stereocenters. The van der Waals surface area contributed by atoms with E-state index in [-0.39, 0.29) is 18.0 Å². The Morgan fingerprint density at radius 1 is 1.09 bits per heavy atom. The predicted octanol–water partition coefficient (Wildman–Crippen LogP) is 5.02. The zero-order chi connectivity index (χ0) is 22.8. The van der Waals surface area contributed by atoms with E-state index in [0.717, 1.165) is 5.56 Å². The van der Waals surface area contributed by atoms with E-state index in [0.29, 0.717) is 21.7 Å². The van der Waals surface area contributed by atoms with Crippen molar-refractivity contribution in [1.29, 1.82) is 0 Å². The highest BCUT2D eigenvalue weighted by Crippen LogP contribution is 2.42. The number of amides is 1. The fourth-order valence-electron chi connectivity index (χ4n) is 3.77. The third-order valence-electron chi connectivity index (χ3n) is 5.21. The number of carbonyl (C=O) groups is 3. The fraction of sp³-hybridized carbons (Fsp3) is 0.160. The van der Waals surface area contributed by atoms with Gasteiger partial charge in [0.15, 0.2) is 5.76 Å². The molecular weight excluding hydrogens is 426 g/mol. The SMILES string of the molecule is CCOC(=O)c1ccc(N2C(=O)C(O)=C(C(=O)c3cccs3)C2c2cccc(C)c2)cc1. The maximum atomic E-state index is 13.3. The first-order chi connectivity index (χ1) is 15.4. The van der Waals surface area contributed by atoms with Gasteiger partial charge < -0.3 is 9.84 Å². The first kappa shape index (κ1) is 21.5. The fourth-order valence-corrected chi connectivity index (χ4v) is 4.45. The van der Waals surface area contributed by atoms with E-state index in [9.17, 15) is 19.5 Å². The molecule has 0 spiro atoms. The van der Waals surface area contributed by atoms with Gasteiger partial charge in [-0.1, -0.05) is 35.9 Å². The normalized spacial score (nSPS) is 15.9. The molecule has 4 rings (SSSR count). The highest BCUT2D eigenvalue weighted by Gasteiger charge is 2.44. The van der Waals surface area contributed by atoms with E-state index in [2.05, 4.69) is 0 Å². The summed E-state index contributed by atoms with van der Waals surface area (Å²) in [7, 11) is 0. The summed E-state index contributed by atoms with van der Waals surface area (Å²) >= 11 is 1.25. The maximum Gasteiger partial charge on any atom is 0.338 e. The Bertz CT molecular complexity index is 1210. The zero-order valence-corrected chi connectivity index (χ0v) is 18.4. The molecule has 2 heterocycles. The van der Waals surface area contributed by atoms with Crippen molar-refractivity contribution in [3.63, 3.8) is 0 Å².